The highest BCUT2D eigenvalue weighted by Gasteiger charge is 2.17. The highest BCUT2D eigenvalue weighted by atomic mass is 35.5. The van der Waals surface area contributed by atoms with Crippen LogP contribution in [0.2, 0.25) is 5.02 Å². The summed E-state index contributed by atoms with van der Waals surface area (Å²) < 4.78 is 6.85. The Morgan fingerprint density at radius 2 is 1.71 bits per heavy atom. The second kappa shape index (κ2) is 10.4. The van der Waals surface area contributed by atoms with Crippen LogP contribution in [0.3, 0.4) is 0 Å². The molecule has 0 fully saturated rings. The van der Waals surface area contributed by atoms with Gasteiger partial charge in [-0.25, -0.2) is 4.98 Å². The second-order valence-corrected chi connectivity index (χ2v) is 8.40. The Hall–Kier alpha value is -3.82. The van der Waals surface area contributed by atoms with Crippen LogP contribution in [0.4, 0.5) is 0 Å². The number of nitrogens with one attached hydrogen (secondary N) is 2. The molecule has 0 saturated heterocycles. The molecule has 0 aliphatic carbocycles. The van der Waals surface area contributed by atoms with E-state index in [0.717, 1.165) is 11.8 Å². The second-order valence-electron chi connectivity index (χ2n) is 7.02. The average molecular weight is 495 g/mol. The fraction of sp³-hybridized carbons (Fsp3) is 0.0833. The van der Waals surface area contributed by atoms with Crippen molar-refractivity contribution in [1.82, 2.24) is 20.4 Å². The Morgan fingerprint density at radius 3 is 2.47 bits per heavy atom. The molecule has 4 aromatic rings. The van der Waals surface area contributed by atoms with Crippen LogP contribution in [0.15, 0.2) is 82.7 Å². The highest BCUT2D eigenvalue weighted by molar-refractivity contribution is 7.99. The zero-order chi connectivity index (χ0) is 24.1. The molecule has 0 spiro atoms. The molecule has 8 nitrogen and oxygen atoms in total. The first-order valence-corrected chi connectivity index (χ1v) is 11.5. The van der Waals surface area contributed by atoms with E-state index in [9.17, 15) is 14.4 Å². The van der Waals surface area contributed by atoms with E-state index in [1.54, 1.807) is 72.8 Å². The van der Waals surface area contributed by atoms with Gasteiger partial charge in [0.05, 0.1) is 29.5 Å². The average Bonchev–Trinajstić information content (AvgIpc) is 2.86. The molecule has 0 saturated carbocycles. The Labute approximate surface area is 203 Å². The minimum atomic E-state index is -0.482. The summed E-state index contributed by atoms with van der Waals surface area (Å²) in [7, 11) is 1.52. The van der Waals surface area contributed by atoms with Crippen molar-refractivity contribution < 1.29 is 14.3 Å². The summed E-state index contributed by atoms with van der Waals surface area (Å²) in [6, 6.07) is 20.3. The van der Waals surface area contributed by atoms with Gasteiger partial charge in [0.2, 0.25) is 5.91 Å². The lowest BCUT2D eigenvalue weighted by atomic mass is 10.2. The fourth-order valence-corrected chi connectivity index (χ4v) is 4.13. The molecule has 10 heteroatoms. The number of nitrogens with zero attached hydrogens (tertiary/aromatic N) is 2. The summed E-state index contributed by atoms with van der Waals surface area (Å²) in [6.07, 6.45) is 0. The molecule has 0 atom stereocenters. The molecule has 172 valence electrons. The number of fused-ring (bicyclic) bond motifs is 1. The standard InChI is InChI=1S/C24H19ClN4O4S/c1-33-20-9-5-4-8-19(20)29-23(32)17-6-2-3-7-18(17)26-24(29)34-14-21(30)27-28-22(31)15-10-12-16(25)13-11-15/h2-13H,14H2,1H3,(H,27,30)(H,28,31). The van der Waals surface area contributed by atoms with Crippen LogP contribution in [-0.2, 0) is 4.79 Å². The lowest BCUT2D eigenvalue weighted by Gasteiger charge is -2.15. The van der Waals surface area contributed by atoms with Crippen LogP contribution in [0.5, 0.6) is 5.75 Å². The van der Waals surface area contributed by atoms with Crippen LogP contribution in [0.1, 0.15) is 10.4 Å². The minimum Gasteiger partial charge on any atom is -0.495 e. The number of benzene rings is 3. The number of rotatable bonds is 6. The maximum absolute atomic E-state index is 13.3. The van der Waals surface area contributed by atoms with Gasteiger partial charge in [0.1, 0.15) is 5.75 Å². The first-order valence-electron chi connectivity index (χ1n) is 10.1. The largest absolute Gasteiger partial charge is 0.495 e. The molecular formula is C24H19ClN4O4S. The molecule has 0 aliphatic rings. The van der Waals surface area contributed by atoms with Crippen molar-refractivity contribution in [3.8, 4) is 11.4 Å². The lowest BCUT2D eigenvalue weighted by Crippen LogP contribution is -2.42. The Balaban J connectivity index is 1.56. The number of hydrogen-bond acceptors (Lipinski definition) is 6. The number of carbonyl (C=O) groups is 2. The van der Waals surface area contributed by atoms with Crippen molar-refractivity contribution in [2.75, 3.05) is 12.9 Å². The maximum Gasteiger partial charge on any atom is 0.269 e. The number of para-hydroxylation sites is 3. The van der Waals surface area contributed by atoms with Gasteiger partial charge in [-0.3, -0.25) is 29.8 Å². The van der Waals surface area contributed by atoms with Crippen LogP contribution in [-0.4, -0.2) is 34.2 Å². The number of hydrogen-bond donors (Lipinski definition) is 2. The molecule has 3 aromatic carbocycles. The molecule has 34 heavy (non-hydrogen) atoms. The zero-order valence-corrected chi connectivity index (χ0v) is 19.5. The number of ether oxygens (including phenoxy) is 1. The van der Waals surface area contributed by atoms with Crippen molar-refractivity contribution in [3.05, 3.63) is 93.7 Å². The van der Waals surface area contributed by atoms with Crippen LogP contribution in [0, 0.1) is 0 Å². The van der Waals surface area contributed by atoms with Gasteiger partial charge in [-0.15, -0.1) is 0 Å². The van der Waals surface area contributed by atoms with E-state index >= 15 is 0 Å². The predicted octanol–water partition coefficient (Wildman–Crippen LogP) is 3.60. The topological polar surface area (TPSA) is 102 Å². The predicted molar refractivity (Wildman–Crippen MR) is 132 cm³/mol. The Morgan fingerprint density at radius 1 is 1.00 bits per heavy atom. The molecule has 0 aliphatic heterocycles. The van der Waals surface area contributed by atoms with Crippen molar-refractivity contribution in [1.29, 1.82) is 0 Å². The molecule has 4 rings (SSSR count). The molecule has 1 aromatic heterocycles. The smallest absolute Gasteiger partial charge is 0.269 e. The molecule has 0 radical (unpaired) electrons. The maximum atomic E-state index is 13.3. The van der Waals surface area contributed by atoms with E-state index in [4.69, 9.17) is 16.3 Å². The summed E-state index contributed by atoms with van der Waals surface area (Å²) in [5.41, 5.74) is 5.80. The summed E-state index contributed by atoms with van der Waals surface area (Å²) >= 11 is 6.89. The zero-order valence-electron chi connectivity index (χ0n) is 17.9. The number of carbonyl (C=O) groups excluding carboxylic acids is 2. The molecule has 0 bridgehead atoms. The first kappa shape index (κ1) is 23.3. The third kappa shape index (κ3) is 5.05. The number of amides is 2. The summed E-state index contributed by atoms with van der Waals surface area (Å²) in [5, 5.41) is 1.26. The van der Waals surface area contributed by atoms with Crippen molar-refractivity contribution in [2.24, 2.45) is 0 Å². The normalized spacial score (nSPS) is 10.6. The third-order valence-corrected chi connectivity index (χ3v) is 6.02. The SMILES string of the molecule is COc1ccccc1-n1c(SCC(=O)NNC(=O)c2ccc(Cl)cc2)nc2ccccc2c1=O. The number of hydrazine groups is 1. The molecular weight excluding hydrogens is 476 g/mol. The van der Waals surface area contributed by atoms with Gasteiger partial charge < -0.3 is 4.74 Å². The van der Waals surface area contributed by atoms with Gasteiger partial charge in [0, 0.05) is 10.6 Å². The minimum absolute atomic E-state index is 0.0964. The third-order valence-electron chi connectivity index (χ3n) is 4.83. The highest BCUT2D eigenvalue weighted by Crippen LogP contribution is 2.27. The van der Waals surface area contributed by atoms with Crippen LogP contribution in [0.25, 0.3) is 16.6 Å². The van der Waals surface area contributed by atoms with Gasteiger partial charge in [0.25, 0.3) is 11.5 Å². The summed E-state index contributed by atoms with van der Waals surface area (Å²) in [4.78, 5) is 42.6. The van der Waals surface area contributed by atoms with Crippen molar-refractivity contribution in [3.63, 3.8) is 0 Å². The van der Waals surface area contributed by atoms with E-state index in [0.29, 0.717) is 38.1 Å². The number of aromatic nitrogens is 2. The quantitative estimate of drug-likeness (QED) is 0.241. The molecule has 2 N–H and O–H groups in total. The Kier molecular flexibility index (Phi) is 7.15. The van der Waals surface area contributed by atoms with E-state index in [1.165, 1.54) is 11.7 Å². The van der Waals surface area contributed by atoms with Crippen molar-refractivity contribution in [2.45, 2.75) is 5.16 Å². The fourth-order valence-electron chi connectivity index (χ4n) is 3.20. The molecule has 0 unspecified atom stereocenters. The van der Waals surface area contributed by atoms with E-state index in [2.05, 4.69) is 15.8 Å². The van der Waals surface area contributed by atoms with Gasteiger partial charge in [-0.05, 0) is 48.5 Å². The monoisotopic (exact) mass is 494 g/mol. The van der Waals surface area contributed by atoms with E-state index in [-0.39, 0.29) is 11.3 Å². The molecule has 2 amide bonds. The van der Waals surface area contributed by atoms with Gasteiger partial charge >= 0.3 is 0 Å². The van der Waals surface area contributed by atoms with Gasteiger partial charge in [-0.1, -0.05) is 47.6 Å². The number of thioether (sulfide) groups is 1. The number of methoxy groups -OCH3 is 1. The summed E-state index contributed by atoms with van der Waals surface area (Å²) in [5.74, 6) is -0.560. The summed E-state index contributed by atoms with van der Waals surface area (Å²) in [6.45, 7) is 0. The van der Waals surface area contributed by atoms with Crippen LogP contribution >= 0.6 is 23.4 Å². The van der Waals surface area contributed by atoms with Crippen LogP contribution < -0.4 is 21.1 Å². The lowest BCUT2D eigenvalue weighted by molar-refractivity contribution is -0.119. The Bertz CT molecular complexity index is 1420. The van der Waals surface area contributed by atoms with Crippen molar-refractivity contribution >= 4 is 46.1 Å². The van der Waals surface area contributed by atoms with Gasteiger partial charge in [0.15, 0.2) is 5.16 Å². The van der Waals surface area contributed by atoms with E-state index in [1.807, 2.05) is 0 Å². The number of halogens is 1. The first-order chi connectivity index (χ1) is 16.5. The molecule has 1 heterocycles. The van der Waals surface area contributed by atoms with Gasteiger partial charge in [-0.2, -0.15) is 0 Å². The van der Waals surface area contributed by atoms with E-state index < -0.39 is 11.8 Å².